The van der Waals surface area contributed by atoms with E-state index in [2.05, 4.69) is 4.90 Å². The van der Waals surface area contributed by atoms with Crippen LogP contribution in [0.1, 0.15) is 64.2 Å². The maximum absolute atomic E-state index is 10.7. The number of carboxylic acid groups (broad SMARTS) is 1. The van der Waals surface area contributed by atoms with E-state index in [0.29, 0.717) is 18.4 Å². The maximum atomic E-state index is 10.7. The van der Waals surface area contributed by atoms with Crippen LogP contribution in [0, 0.1) is 5.92 Å². The van der Waals surface area contributed by atoms with Crippen LogP contribution in [0.2, 0.25) is 0 Å². The molecule has 0 bridgehead atoms. The van der Waals surface area contributed by atoms with Gasteiger partial charge in [0.05, 0.1) is 11.7 Å². The molecule has 1 aliphatic carbocycles. The lowest BCUT2D eigenvalue weighted by atomic mass is 9.93. The molecule has 2 saturated heterocycles. The Balaban J connectivity index is 1.43. The number of aliphatic carboxylic acids is 1. The second-order valence-electron chi connectivity index (χ2n) is 7.37. The summed E-state index contributed by atoms with van der Waals surface area (Å²) in [5.41, 5.74) is 0.239. The zero-order valence-electron chi connectivity index (χ0n) is 13.1. The Kier molecular flexibility index (Phi) is 4.85. The van der Waals surface area contributed by atoms with Crippen molar-refractivity contribution < 1.29 is 14.6 Å². The Labute approximate surface area is 127 Å². The van der Waals surface area contributed by atoms with Gasteiger partial charge < -0.3 is 14.7 Å². The predicted octanol–water partition coefficient (Wildman–Crippen LogP) is 3.06. The Bertz CT molecular complexity index is 365. The lowest BCUT2D eigenvalue weighted by molar-refractivity contribution is -0.137. The second kappa shape index (κ2) is 6.66. The number of carbonyl (C=O) groups is 1. The zero-order chi connectivity index (χ0) is 14.7. The van der Waals surface area contributed by atoms with E-state index in [1.54, 1.807) is 0 Å². The van der Waals surface area contributed by atoms with Crippen molar-refractivity contribution in [1.29, 1.82) is 0 Å². The van der Waals surface area contributed by atoms with Crippen LogP contribution >= 0.6 is 0 Å². The van der Waals surface area contributed by atoms with Gasteiger partial charge in [-0.1, -0.05) is 12.8 Å². The van der Waals surface area contributed by atoms with E-state index in [0.717, 1.165) is 26.1 Å². The van der Waals surface area contributed by atoms with E-state index < -0.39 is 5.97 Å². The molecule has 0 radical (unpaired) electrons. The van der Waals surface area contributed by atoms with E-state index in [1.807, 2.05) is 0 Å². The highest BCUT2D eigenvalue weighted by atomic mass is 16.5. The van der Waals surface area contributed by atoms with Crippen molar-refractivity contribution >= 4 is 5.97 Å². The van der Waals surface area contributed by atoms with Gasteiger partial charge in [0, 0.05) is 19.5 Å². The molecule has 120 valence electrons. The largest absolute Gasteiger partial charge is 0.481 e. The van der Waals surface area contributed by atoms with Gasteiger partial charge in [0.2, 0.25) is 0 Å². The monoisotopic (exact) mass is 295 g/mol. The van der Waals surface area contributed by atoms with Crippen molar-refractivity contribution in [3.63, 3.8) is 0 Å². The van der Waals surface area contributed by atoms with Gasteiger partial charge in [0.15, 0.2) is 0 Å². The summed E-state index contributed by atoms with van der Waals surface area (Å²) in [5, 5.41) is 8.82. The molecule has 3 rings (SSSR count). The molecule has 4 heteroatoms. The molecule has 0 aromatic carbocycles. The van der Waals surface area contributed by atoms with Gasteiger partial charge in [0.25, 0.3) is 0 Å². The summed E-state index contributed by atoms with van der Waals surface area (Å²) in [7, 11) is 0. The number of ether oxygens (including phenoxy) is 1. The highest BCUT2D eigenvalue weighted by Crippen LogP contribution is 2.43. The summed E-state index contributed by atoms with van der Waals surface area (Å²) in [6.45, 7) is 3.29. The summed E-state index contributed by atoms with van der Waals surface area (Å²) in [4.78, 5) is 13.2. The van der Waals surface area contributed by atoms with Gasteiger partial charge in [-0.2, -0.15) is 0 Å². The summed E-state index contributed by atoms with van der Waals surface area (Å²) in [6, 6.07) is 0. The van der Waals surface area contributed by atoms with Crippen molar-refractivity contribution in [1.82, 2.24) is 4.90 Å². The van der Waals surface area contributed by atoms with Crippen LogP contribution in [0.3, 0.4) is 0 Å². The Morgan fingerprint density at radius 1 is 1.19 bits per heavy atom. The molecule has 0 amide bonds. The first-order chi connectivity index (χ1) is 10.2. The van der Waals surface area contributed by atoms with Crippen LogP contribution in [-0.2, 0) is 9.53 Å². The van der Waals surface area contributed by atoms with Crippen LogP contribution in [0.5, 0.6) is 0 Å². The molecule has 3 aliphatic rings. The molecule has 1 spiro atoms. The van der Waals surface area contributed by atoms with Crippen molar-refractivity contribution in [2.24, 2.45) is 5.92 Å². The minimum Gasteiger partial charge on any atom is -0.481 e. The van der Waals surface area contributed by atoms with Gasteiger partial charge in [-0.25, -0.2) is 0 Å². The SMILES string of the molecule is O=C(O)CCC1CCCN(CC2CCC3(CCCC3)O2)C1. The van der Waals surface area contributed by atoms with E-state index in [4.69, 9.17) is 9.84 Å². The number of nitrogens with zero attached hydrogens (tertiary/aromatic N) is 1. The molecule has 2 aliphatic heterocycles. The van der Waals surface area contributed by atoms with E-state index in [9.17, 15) is 4.79 Å². The molecular formula is C17H29NO3. The summed E-state index contributed by atoms with van der Waals surface area (Å²) in [5.74, 6) is -0.0916. The lowest BCUT2D eigenvalue weighted by Crippen LogP contribution is -2.41. The van der Waals surface area contributed by atoms with Gasteiger partial charge >= 0.3 is 5.97 Å². The number of hydrogen-bond donors (Lipinski definition) is 1. The third-order valence-electron chi connectivity index (χ3n) is 5.68. The highest BCUT2D eigenvalue weighted by Gasteiger charge is 2.42. The fourth-order valence-corrected chi connectivity index (χ4v) is 4.58. The number of carboxylic acids is 1. The van der Waals surface area contributed by atoms with Gasteiger partial charge in [0.1, 0.15) is 0 Å². The number of hydrogen-bond acceptors (Lipinski definition) is 3. The third-order valence-corrected chi connectivity index (χ3v) is 5.68. The zero-order valence-corrected chi connectivity index (χ0v) is 13.1. The predicted molar refractivity (Wildman–Crippen MR) is 81.3 cm³/mol. The van der Waals surface area contributed by atoms with Crippen molar-refractivity contribution in [2.75, 3.05) is 19.6 Å². The first-order valence-corrected chi connectivity index (χ1v) is 8.77. The molecule has 1 N–H and O–H groups in total. The molecule has 1 saturated carbocycles. The number of likely N-dealkylation sites (tertiary alicyclic amines) is 1. The molecule has 21 heavy (non-hydrogen) atoms. The molecule has 3 fully saturated rings. The average Bonchev–Trinajstić information content (AvgIpc) is 3.08. The Hall–Kier alpha value is -0.610. The Morgan fingerprint density at radius 3 is 2.76 bits per heavy atom. The van der Waals surface area contributed by atoms with Crippen molar-refractivity contribution in [3.8, 4) is 0 Å². The first-order valence-electron chi connectivity index (χ1n) is 8.77. The van der Waals surface area contributed by atoms with Gasteiger partial charge in [-0.15, -0.1) is 0 Å². The molecule has 0 aromatic rings. The average molecular weight is 295 g/mol. The van der Waals surface area contributed by atoms with Crippen LogP contribution in [0.25, 0.3) is 0 Å². The number of piperidine rings is 1. The third kappa shape index (κ3) is 3.98. The fraction of sp³-hybridized carbons (Fsp3) is 0.941. The smallest absolute Gasteiger partial charge is 0.303 e. The summed E-state index contributed by atoms with van der Waals surface area (Å²) >= 11 is 0. The molecule has 2 atom stereocenters. The summed E-state index contributed by atoms with van der Waals surface area (Å²) < 4.78 is 6.41. The normalized spacial score (nSPS) is 32.8. The maximum Gasteiger partial charge on any atom is 0.303 e. The minimum atomic E-state index is -0.658. The first kappa shape index (κ1) is 15.3. The molecular weight excluding hydrogens is 266 g/mol. The second-order valence-corrected chi connectivity index (χ2v) is 7.37. The van der Waals surface area contributed by atoms with Crippen LogP contribution in [-0.4, -0.2) is 47.3 Å². The lowest BCUT2D eigenvalue weighted by Gasteiger charge is -2.34. The number of rotatable bonds is 5. The Morgan fingerprint density at radius 2 is 2.00 bits per heavy atom. The molecule has 4 nitrogen and oxygen atoms in total. The fourth-order valence-electron chi connectivity index (χ4n) is 4.58. The quantitative estimate of drug-likeness (QED) is 0.847. The van der Waals surface area contributed by atoms with E-state index in [-0.39, 0.29) is 5.60 Å². The molecule has 2 heterocycles. The van der Waals surface area contributed by atoms with Crippen LogP contribution < -0.4 is 0 Å². The highest BCUT2D eigenvalue weighted by molar-refractivity contribution is 5.66. The topological polar surface area (TPSA) is 49.8 Å². The van der Waals surface area contributed by atoms with Crippen LogP contribution in [0.15, 0.2) is 0 Å². The standard InChI is InChI=1S/C17H29NO3/c19-16(20)6-5-14-4-3-11-18(12-14)13-15-7-10-17(21-15)8-1-2-9-17/h14-15H,1-13H2,(H,19,20). The van der Waals surface area contributed by atoms with Crippen LogP contribution in [0.4, 0.5) is 0 Å². The van der Waals surface area contributed by atoms with Gasteiger partial charge in [-0.05, 0) is 57.4 Å². The van der Waals surface area contributed by atoms with E-state index >= 15 is 0 Å². The molecule has 0 aromatic heterocycles. The molecule has 2 unspecified atom stereocenters. The van der Waals surface area contributed by atoms with Crippen molar-refractivity contribution in [2.45, 2.75) is 75.9 Å². The van der Waals surface area contributed by atoms with E-state index in [1.165, 1.54) is 51.4 Å². The van der Waals surface area contributed by atoms with Crippen molar-refractivity contribution in [3.05, 3.63) is 0 Å². The van der Waals surface area contributed by atoms with Gasteiger partial charge in [-0.3, -0.25) is 4.79 Å². The summed E-state index contributed by atoms with van der Waals surface area (Å²) in [6.07, 6.45) is 11.7. The minimum absolute atomic E-state index is 0.239.